The molecule has 1 aliphatic heterocycles. The number of ether oxygens (including phenoxy) is 1. The molecule has 110 valence electrons. The summed E-state index contributed by atoms with van der Waals surface area (Å²) in [6.07, 6.45) is 5.22. The molecule has 2 heterocycles. The van der Waals surface area contributed by atoms with Crippen LogP contribution in [0.5, 0.6) is 0 Å². The first-order valence-corrected chi connectivity index (χ1v) is 8.11. The van der Waals surface area contributed by atoms with E-state index in [1.807, 2.05) is 18.2 Å². The molecule has 4 rings (SSSR count). The Morgan fingerprint density at radius 2 is 2.05 bits per heavy atom. The van der Waals surface area contributed by atoms with Crippen molar-refractivity contribution in [2.45, 2.75) is 37.8 Å². The summed E-state index contributed by atoms with van der Waals surface area (Å²) < 4.78 is 5.88. The summed E-state index contributed by atoms with van der Waals surface area (Å²) in [5.41, 5.74) is 0. The van der Waals surface area contributed by atoms with Gasteiger partial charge in [0.15, 0.2) is 0 Å². The molecule has 1 N–H and O–H groups in total. The molecule has 0 bridgehead atoms. The third kappa shape index (κ3) is 2.85. The molecule has 1 aromatic carbocycles. The maximum atomic E-state index is 6.29. The second-order valence-corrected chi connectivity index (χ2v) is 6.49. The maximum absolute atomic E-state index is 6.29. The predicted octanol–water partition coefficient (Wildman–Crippen LogP) is 4.26. The minimum Gasteiger partial charge on any atom is -0.378 e. The van der Waals surface area contributed by atoms with E-state index in [1.54, 1.807) is 0 Å². The Kier molecular flexibility index (Phi) is 3.48. The van der Waals surface area contributed by atoms with Crippen LogP contribution in [0.25, 0.3) is 10.8 Å². The number of hydrogen-bond donors (Lipinski definition) is 1. The van der Waals surface area contributed by atoms with Gasteiger partial charge in [0.2, 0.25) is 0 Å². The minimum absolute atomic E-state index is 0.437. The Labute approximate surface area is 129 Å². The summed E-state index contributed by atoms with van der Waals surface area (Å²) >= 11 is 6.29. The molecule has 1 aromatic heterocycles. The highest BCUT2D eigenvalue weighted by Crippen LogP contribution is 2.38. The number of rotatable bonds is 3. The molecule has 21 heavy (non-hydrogen) atoms. The molecule has 1 aliphatic carbocycles. The van der Waals surface area contributed by atoms with Gasteiger partial charge in [0, 0.05) is 18.0 Å². The van der Waals surface area contributed by atoms with Crippen LogP contribution >= 0.6 is 11.6 Å². The summed E-state index contributed by atoms with van der Waals surface area (Å²) in [6, 6.07) is 10.6. The van der Waals surface area contributed by atoms with Crippen LogP contribution in [0.3, 0.4) is 0 Å². The van der Waals surface area contributed by atoms with Crippen LogP contribution < -0.4 is 5.32 Å². The van der Waals surface area contributed by atoms with E-state index in [0.717, 1.165) is 42.0 Å². The van der Waals surface area contributed by atoms with E-state index in [1.165, 1.54) is 12.8 Å². The van der Waals surface area contributed by atoms with Crippen LogP contribution in [0.2, 0.25) is 5.15 Å². The van der Waals surface area contributed by atoms with Crippen molar-refractivity contribution in [2.24, 2.45) is 5.92 Å². The highest BCUT2D eigenvalue weighted by Gasteiger charge is 2.35. The van der Waals surface area contributed by atoms with E-state index >= 15 is 0 Å². The van der Waals surface area contributed by atoms with Crippen LogP contribution in [0, 0.1) is 5.92 Å². The fraction of sp³-hybridized carbons (Fsp3) is 0.471. The second kappa shape index (κ2) is 5.47. The number of halogens is 1. The van der Waals surface area contributed by atoms with Gasteiger partial charge < -0.3 is 10.1 Å². The summed E-state index contributed by atoms with van der Waals surface area (Å²) in [4.78, 5) is 4.49. The number of pyridine rings is 1. The largest absolute Gasteiger partial charge is 0.378 e. The lowest BCUT2D eigenvalue weighted by Crippen LogP contribution is -2.35. The zero-order valence-electron chi connectivity index (χ0n) is 11.9. The van der Waals surface area contributed by atoms with E-state index in [4.69, 9.17) is 16.3 Å². The summed E-state index contributed by atoms with van der Waals surface area (Å²) in [7, 11) is 0. The van der Waals surface area contributed by atoms with Crippen molar-refractivity contribution >= 4 is 28.2 Å². The van der Waals surface area contributed by atoms with Gasteiger partial charge in [-0.2, -0.15) is 0 Å². The SMILES string of the molecule is Clc1nc(NC2CCOC(C3CC3)C2)cc2ccccc12. The summed E-state index contributed by atoms with van der Waals surface area (Å²) in [5.74, 6) is 1.67. The number of anilines is 1. The van der Waals surface area contributed by atoms with Gasteiger partial charge in [-0.3, -0.25) is 0 Å². The van der Waals surface area contributed by atoms with Crippen molar-refractivity contribution in [3.8, 4) is 0 Å². The van der Waals surface area contributed by atoms with Gasteiger partial charge in [-0.25, -0.2) is 4.98 Å². The summed E-state index contributed by atoms with van der Waals surface area (Å²) in [5, 5.41) is 6.26. The predicted molar refractivity (Wildman–Crippen MR) is 85.9 cm³/mol. The molecule has 1 saturated carbocycles. The van der Waals surface area contributed by atoms with Crippen LogP contribution in [0.1, 0.15) is 25.7 Å². The quantitative estimate of drug-likeness (QED) is 0.860. The van der Waals surface area contributed by atoms with Gasteiger partial charge in [0.1, 0.15) is 11.0 Å². The number of nitrogens with one attached hydrogen (secondary N) is 1. The third-order valence-corrected chi connectivity index (χ3v) is 4.80. The molecule has 0 radical (unpaired) electrons. The van der Waals surface area contributed by atoms with Crippen molar-refractivity contribution in [1.29, 1.82) is 0 Å². The van der Waals surface area contributed by atoms with Gasteiger partial charge in [-0.05, 0) is 43.1 Å². The Hall–Kier alpha value is -1.32. The Bertz CT molecular complexity index is 656. The Balaban J connectivity index is 1.53. The minimum atomic E-state index is 0.437. The fourth-order valence-electron chi connectivity index (χ4n) is 3.19. The maximum Gasteiger partial charge on any atom is 0.139 e. The Morgan fingerprint density at radius 3 is 2.90 bits per heavy atom. The molecule has 2 atom stereocenters. The Morgan fingerprint density at radius 1 is 1.19 bits per heavy atom. The van der Waals surface area contributed by atoms with Gasteiger partial charge in [-0.15, -0.1) is 0 Å². The highest BCUT2D eigenvalue weighted by molar-refractivity contribution is 6.34. The number of benzene rings is 1. The molecule has 0 amide bonds. The van der Waals surface area contributed by atoms with E-state index in [9.17, 15) is 0 Å². The average Bonchev–Trinajstić information content (AvgIpc) is 3.32. The zero-order valence-corrected chi connectivity index (χ0v) is 12.6. The van der Waals surface area contributed by atoms with Crippen LogP contribution in [-0.4, -0.2) is 23.7 Å². The number of hydrogen-bond acceptors (Lipinski definition) is 3. The first kappa shape index (κ1) is 13.4. The lowest BCUT2D eigenvalue weighted by molar-refractivity contribution is -0.00223. The molecule has 2 unspecified atom stereocenters. The molecular formula is C17H19ClN2O. The molecular weight excluding hydrogens is 284 g/mol. The smallest absolute Gasteiger partial charge is 0.139 e. The van der Waals surface area contributed by atoms with Crippen LogP contribution in [0.4, 0.5) is 5.82 Å². The molecule has 2 aromatic rings. The second-order valence-electron chi connectivity index (χ2n) is 6.13. The topological polar surface area (TPSA) is 34.2 Å². The van der Waals surface area contributed by atoms with E-state index in [0.29, 0.717) is 17.3 Å². The monoisotopic (exact) mass is 302 g/mol. The van der Waals surface area contributed by atoms with Gasteiger partial charge >= 0.3 is 0 Å². The first-order chi connectivity index (χ1) is 10.3. The zero-order chi connectivity index (χ0) is 14.2. The van der Waals surface area contributed by atoms with Gasteiger partial charge in [0.25, 0.3) is 0 Å². The molecule has 0 spiro atoms. The van der Waals surface area contributed by atoms with Gasteiger partial charge in [0.05, 0.1) is 6.10 Å². The van der Waals surface area contributed by atoms with Crippen molar-refractivity contribution in [1.82, 2.24) is 4.98 Å². The van der Waals surface area contributed by atoms with Crippen molar-refractivity contribution < 1.29 is 4.74 Å². The normalized spacial score (nSPS) is 26.0. The van der Waals surface area contributed by atoms with E-state index in [2.05, 4.69) is 22.4 Å². The van der Waals surface area contributed by atoms with Gasteiger partial charge in [-0.1, -0.05) is 35.9 Å². The molecule has 2 fully saturated rings. The van der Waals surface area contributed by atoms with Crippen molar-refractivity contribution in [3.05, 3.63) is 35.5 Å². The standard InChI is InChI=1S/C17H19ClN2O/c18-17-14-4-2-1-3-12(14)9-16(20-17)19-13-7-8-21-15(10-13)11-5-6-11/h1-4,9,11,13,15H,5-8,10H2,(H,19,20). The lowest BCUT2D eigenvalue weighted by atomic mass is 10.00. The molecule has 2 aliphatic rings. The highest BCUT2D eigenvalue weighted by atomic mass is 35.5. The number of nitrogens with zero attached hydrogens (tertiary/aromatic N) is 1. The third-order valence-electron chi connectivity index (χ3n) is 4.51. The van der Waals surface area contributed by atoms with E-state index < -0.39 is 0 Å². The molecule has 4 heteroatoms. The summed E-state index contributed by atoms with van der Waals surface area (Å²) in [6.45, 7) is 0.847. The average molecular weight is 303 g/mol. The van der Waals surface area contributed by atoms with Crippen LogP contribution in [0.15, 0.2) is 30.3 Å². The first-order valence-electron chi connectivity index (χ1n) is 7.73. The lowest BCUT2D eigenvalue weighted by Gasteiger charge is -2.30. The molecule has 1 saturated heterocycles. The fourth-order valence-corrected chi connectivity index (χ4v) is 3.46. The number of fused-ring (bicyclic) bond motifs is 1. The van der Waals surface area contributed by atoms with Crippen LogP contribution in [-0.2, 0) is 4.74 Å². The van der Waals surface area contributed by atoms with Crippen molar-refractivity contribution in [3.63, 3.8) is 0 Å². The van der Waals surface area contributed by atoms with Crippen molar-refractivity contribution in [2.75, 3.05) is 11.9 Å². The number of aromatic nitrogens is 1. The van der Waals surface area contributed by atoms with E-state index in [-0.39, 0.29) is 0 Å². The molecule has 3 nitrogen and oxygen atoms in total.